The van der Waals surface area contributed by atoms with E-state index < -0.39 is 0 Å². The molecule has 1 aliphatic heterocycles. The fourth-order valence-electron chi connectivity index (χ4n) is 2.66. The van der Waals surface area contributed by atoms with Crippen molar-refractivity contribution in [1.82, 2.24) is 4.90 Å². The standard InChI is InChI=1S/C16H25NO3/c1-12(2)16-11-20-15(10-18)9-17(16)8-13-4-6-14(19-3)7-5-13/h4-7,12,15-16,18H,8-11H2,1-3H3/t15-,16+/m0/s1. The van der Waals surface area contributed by atoms with E-state index in [1.54, 1.807) is 7.11 Å². The number of rotatable bonds is 5. The summed E-state index contributed by atoms with van der Waals surface area (Å²) in [6, 6.07) is 8.58. The molecule has 112 valence electrons. The van der Waals surface area contributed by atoms with E-state index in [4.69, 9.17) is 9.47 Å². The molecular weight excluding hydrogens is 254 g/mol. The number of morpholine rings is 1. The number of hydrogen-bond acceptors (Lipinski definition) is 4. The van der Waals surface area contributed by atoms with Crippen LogP contribution in [0, 0.1) is 5.92 Å². The van der Waals surface area contributed by atoms with Gasteiger partial charge < -0.3 is 14.6 Å². The number of nitrogens with zero attached hydrogens (tertiary/aromatic N) is 1. The lowest BCUT2D eigenvalue weighted by molar-refractivity contribution is -0.0957. The van der Waals surface area contributed by atoms with E-state index in [1.165, 1.54) is 5.56 Å². The van der Waals surface area contributed by atoms with Gasteiger partial charge in [0.25, 0.3) is 0 Å². The molecule has 1 saturated heterocycles. The third kappa shape index (κ3) is 3.72. The third-order valence-corrected chi connectivity index (χ3v) is 3.93. The summed E-state index contributed by atoms with van der Waals surface area (Å²) in [6.45, 7) is 6.88. The Morgan fingerprint density at radius 2 is 2.05 bits per heavy atom. The Kier molecular flexibility index (Phi) is 5.40. The Bertz CT molecular complexity index is 405. The van der Waals surface area contributed by atoms with Crippen molar-refractivity contribution >= 4 is 0 Å². The van der Waals surface area contributed by atoms with Crippen LogP contribution in [-0.2, 0) is 11.3 Å². The second-order valence-electron chi connectivity index (χ2n) is 5.73. The molecule has 0 aliphatic carbocycles. The summed E-state index contributed by atoms with van der Waals surface area (Å²) in [5, 5.41) is 9.30. The first-order valence-corrected chi connectivity index (χ1v) is 7.23. The fraction of sp³-hybridized carbons (Fsp3) is 0.625. The molecule has 0 spiro atoms. The van der Waals surface area contributed by atoms with E-state index in [0.29, 0.717) is 18.6 Å². The van der Waals surface area contributed by atoms with Gasteiger partial charge in [0.05, 0.1) is 26.4 Å². The summed E-state index contributed by atoms with van der Waals surface area (Å²) in [7, 11) is 1.68. The summed E-state index contributed by atoms with van der Waals surface area (Å²) in [5.41, 5.74) is 1.26. The minimum atomic E-state index is -0.0664. The average Bonchev–Trinajstić information content (AvgIpc) is 2.47. The number of hydrogen-bond donors (Lipinski definition) is 1. The normalized spacial score (nSPS) is 24.1. The molecule has 0 saturated carbocycles. The lowest BCUT2D eigenvalue weighted by Gasteiger charge is -2.41. The van der Waals surface area contributed by atoms with Gasteiger partial charge in [-0.05, 0) is 23.6 Å². The Morgan fingerprint density at radius 1 is 1.35 bits per heavy atom. The first-order chi connectivity index (χ1) is 9.63. The van der Waals surface area contributed by atoms with Crippen molar-refractivity contribution in [2.24, 2.45) is 5.92 Å². The van der Waals surface area contributed by atoms with Crippen molar-refractivity contribution in [1.29, 1.82) is 0 Å². The number of aliphatic hydroxyl groups is 1. The zero-order chi connectivity index (χ0) is 14.5. The van der Waals surface area contributed by atoms with Gasteiger partial charge in [0.15, 0.2) is 0 Å². The zero-order valence-corrected chi connectivity index (χ0v) is 12.6. The van der Waals surface area contributed by atoms with Crippen LogP contribution in [0.1, 0.15) is 19.4 Å². The molecule has 1 fully saturated rings. The fourth-order valence-corrected chi connectivity index (χ4v) is 2.66. The smallest absolute Gasteiger partial charge is 0.118 e. The molecule has 1 aromatic rings. The number of aliphatic hydroxyl groups excluding tert-OH is 1. The van der Waals surface area contributed by atoms with Crippen LogP contribution in [0.25, 0.3) is 0 Å². The van der Waals surface area contributed by atoms with Crippen molar-refractivity contribution in [3.05, 3.63) is 29.8 Å². The molecule has 1 heterocycles. The molecule has 1 aromatic carbocycles. The van der Waals surface area contributed by atoms with E-state index in [1.807, 2.05) is 12.1 Å². The molecule has 0 bridgehead atoms. The Hall–Kier alpha value is -1.10. The van der Waals surface area contributed by atoms with Crippen molar-refractivity contribution in [3.63, 3.8) is 0 Å². The van der Waals surface area contributed by atoms with Gasteiger partial charge >= 0.3 is 0 Å². The van der Waals surface area contributed by atoms with Crippen molar-refractivity contribution in [2.75, 3.05) is 26.9 Å². The second-order valence-corrected chi connectivity index (χ2v) is 5.73. The van der Waals surface area contributed by atoms with Gasteiger partial charge in [-0.15, -0.1) is 0 Å². The quantitative estimate of drug-likeness (QED) is 0.894. The SMILES string of the molecule is COc1ccc(CN2C[C@@H](CO)OC[C@@H]2C(C)C)cc1. The van der Waals surface area contributed by atoms with E-state index in [9.17, 15) is 5.11 Å². The number of methoxy groups -OCH3 is 1. The van der Waals surface area contributed by atoms with E-state index >= 15 is 0 Å². The summed E-state index contributed by atoms with van der Waals surface area (Å²) >= 11 is 0. The maximum absolute atomic E-state index is 9.30. The van der Waals surface area contributed by atoms with Gasteiger partial charge in [0.1, 0.15) is 5.75 Å². The van der Waals surface area contributed by atoms with Crippen LogP contribution in [0.4, 0.5) is 0 Å². The number of benzene rings is 1. The molecule has 1 N–H and O–H groups in total. The minimum absolute atomic E-state index is 0.0664. The highest BCUT2D eigenvalue weighted by molar-refractivity contribution is 5.27. The molecule has 1 aliphatic rings. The van der Waals surface area contributed by atoms with Gasteiger partial charge in [0.2, 0.25) is 0 Å². The van der Waals surface area contributed by atoms with Crippen LogP contribution >= 0.6 is 0 Å². The van der Waals surface area contributed by atoms with Crippen LogP contribution in [-0.4, -0.2) is 49.0 Å². The molecule has 2 atom stereocenters. The predicted molar refractivity (Wildman–Crippen MR) is 78.9 cm³/mol. The van der Waals surface area contributed by atoms with Crippen molar-refractivity contribution in [2.45, 2.75) is 32.5 Å². The highest BCUT2D eigenvalue weighted by Crippen LogP contribution is 2.22. The lowest BCUT2D eigenvalue weighted by atomic mass is 10.00. The molecule has 4 nitrogen and oxygen atoms in total. The van der Waals surface area contributed by atoms with Crippen LogP contribution in [0.3, 0.4) is 0 Å². The van der Waals surface area contributed by atoms with E-state index in [-0.39, 0.29) is 12.7 Å². The Balaban J connectivity index is 2.05. The third-order valence-electron chi connectivity index (χ3n) is 3.93. The molecular formula is C16H25NO3. The minimum Gasteiger partial charge on any atom is -0.497 e. The second kappa shape index (κ2) is 7.07. The number of ether oxygens (including phenoxy) is 2. The van der Waals surface area contributed by atoms with Gasteiger partial charge in [-0.3, -0.25) is 4.90 Å². The summed E-state index contributed by atoms with van der Waals surface area (Å²) in [4.78, 5) is 2.41. The Morgan fingerprint density at radius 3 is 2.60 bits per heavy atom. The highest BCUT2D eigenvalue weighted by Gasteiger charge is 2.30. The summed E-state index contributed by atoms with van der Waals surface area (Å²) < 4.78 is 10.9. The zero-order valence-electron chi connectivity index (χ0n) is 12.6. The summed E-state index contributed by atoms with van der Waals surface area (Å²) in [6.07, 6.45) is -0.0664. The van der Waals surface area contributed by atoms with Gasteiger partial charge in [-0.1, -0.05) is 26.0 Å². The van der Waals surface area contributed by atoms with Crippen molar-refractivity contribution in [3.8, 4) is 5.75 Å². The molecule has 0 unspecified atom stereocenters. The topological polar surface area (TPSA) is 41.9 Å². The van der Waals surface area contributed by atoms with Gasteiger partial charge in [-0.25, -0.2) is 0 Å². The molecule has 20 heavy (non-hydrogen) atoms. The highest BCUT2D eigenvalue weighted by atomic mass is 16.5. The lowest BCUT2D eigenvalue weighted by Crippen LogP contribution is -2.52. The van der Waals surface area contributed by atoms with Crippen LogP contribution in [0.15, 0.2) is 24.3 Å². The van der Waals surface area contributed by atoms with Crippen LogP contribution in [0.2, 0.25) is 0 Å². The molecule has 0 radical (unpaired) electrons. The van der Waals surface area contributed by atoms with Crippen molar-refractivity contribution < 1.29 is 14.6 Å². The molecule has 2 rings (SSSR count). The van der Waals surface area contributed by atoms with Crippen LogP contribution in [0.5, 0.6) is 5.75 Å². The largest absolute Gasteiger partial charge is 0.497 e. The first-order valence-electron chi connectivity index (χ1n) is 7.23. The molecule has 0 aromatic heterocycles. The summed E-state index contributed by atoms with van der Waals surface area (Å²) in [5.74, 6) is 1.41. The predicted octanol–water partition coefficient (Wildman–Crippen LogP) is 1.91. The van der Waals surface area contributed by atoms with E-state index in [0.717, 1.165) is 18.8 Å². The maximum atomic E-state index is 9.30. The van der Waals surface area contributed by atoms with Crippen LogP contribution < -0.4 is 4.74 Å². The van der Waals surface area contributed by atoms with E-state index in [2.05, 4.69) is 30.9 Å². The van der Waals surface area contributed by atoms with Gasteiger partial charge in [-0.2, -0.15) is 0 Å². The Labute approximate surface area is 121 Å². The maximum Gasteiger partial charge on any atom is 0.118 e. The molecule has 0 amide bonds. The van der Waals surface area contributed by atoms with Gasteiger partial charge in [0, 0.05) is 19.1 Å². The monoisotopic (exact) mass is 279 g/mol. The average molecular weight is 279 g/mol. The molecule has 4 heteroatoms. The first kappa shape index (κ1) is 15.3.